The number of aromatic nitrogens is 2. The van der Waals surface area contributed by atoms with Gasteiger partial charge in [0.25, 0.3) is 0 Å². The quantitative estimate of drug-likeness (QED) is 0.762. The van der Waals surface area contributed by atoms with Gasteiger partial charge in [-0.05, 0) is 19.0 Å². The van der Waals surface area contributed by atoms with Gasteiger partial charge in [-0.15, -0.1) is 0 Å². The molecule has 0 saturated carbocycles. The van der Waals surface area contributed by atoms with Crippen LogP contribution in [0, 0.1) is 0 Å². The Labute approximate surface area is 81.6 Å². The minimum atomic E-state index is 0.300. The summed E-state index contributed by atoms with van der Waals surface area (Å²) in [6.07, 6.45) is 5.93. The average Bonchev–Trinajstić information content (AvgIpc) is 2.09. The van der Waals surface area contributed by atoms with Crippen molar-refractivity contribution in [3.8, 4) is 0 Å². The second-order valence-electron chi connectivity index (χ2n) is 2.44. The Morgan fingerprint density at radius 1 is 1.54 bits per heavy atom. The zero-order chi connectivity index (χ0) is 9.68. The molecule has 0 fully saturated rings. The van der Waals surface area contributed by atoms with Gasteiger partial charge >= 0.3 is 0 Å². The van der Waals surface area contributed by atoms with Crippen molar-refractivity contribution in [2.75, 3.05) is 12.3 Å². The third-order valence-electron chi connectivity index (χ3n) is 1.41. The van der Waals surface area contributed by atoms with Crippen LogP contribution in [0.15, 0.2) is 12.3 Å². The van der Waals surface area contributed by atoms with Crippen LogP contribution in [0.1, 0.15) is 12.1 Å². The van der Waals surface area contributed by atoms with E-state index in [4.69, 9.17) is 23.1 Å². The zero-order valence-electron chi connectivity index (χ0n) is 7.07. The minimum absolute atomic E-state index is 0.300. The summed E-state index contributed by atoms with van der Waals surface area (Å²) in [5.41, 5.74) is 11.5. The highest BCUT2D eigenvalue weighted by molar-refractivity contribution is 6.29. The van der Waals surface area contributed by atoms with Gasteiger partial charge < -0.3 is 11.5 Å². The first-order chi connectivity index (χ1) is 6.24. The van der Waals surface area contributed by atoms with Crippen LogP contribution >= 0.6 is 11.6 Å². The third-order valence-corrected chi connectivity index (χ3v) is 1.59. The number of halogens is 1. The SMILES string of the molecule is NCCC=Cc1ncc(Cl)nc1N. The Balaban J connectivity index is 2.77. The van der Waals surface area contributed by atoms with Crippen LogP contribution in [-0.4, -0.2) is 16.5 Å². The molecule has 1 aromatic rings. The van der Waals surface area contributed by atoms with E-state index in [0.29, 0.717) is 23.2 Å². The lowest BCUT2D eigenvalue weighted by atomic mass is 10.3. The Morgan fingerprint density at radius 2 is 2.31 bits per heavy atom. The molecular weight excluding hydrogens is 188 g/mol. The number of hydrogen-bond donors (Lipinski definition) is 2. The monoisotopic (exact) mass is 198 g/mol. The Kier molecular flexibility index (Phi) is 3.67. The molecule has 13 heavy (non-hydrogen) atoms. The molecule has 0 aliphatic carbocycles. The topological polar surface area (TPSA) is 77.8 Å². The molecule has 0 atom stereocenters. The summed E-state index contributed by atoms with van der Waals surface area (Å²) in [6, 6.07) is 0. The number of nitrogens with zero attached hydrogens (tertiary/aromatic N) is 2. The van der Waals surface area contributed by atoms with Gasteiger partial charge in [-0.3, -0.25) is 0 Å². The van der Waals surface area contributed by atoms with Crippen molar-refractivity contribution in [3.05, 3.63) is 23.1 Å². The molecule has 0 unspecified atom stereocenters. The van der Waals surface area contributed by atoms with E-state index in [1.807, 2.05) is 6.08 Å². The molecule has 0 amide bonds. The first-order valence-electron chi connectivity index (χ1n) is 3.88. The number of hydrogen-bond acceptors (Lipinski definition) is 4. The molecule has 0 spiro atoms. The predicted molar refractivity (Wildman–Crippen MR) is 54.2 cm³/mol. The summed E-state index contributed by atoms with van der Waals surface area (Å²) in [5.74, 6) is 0.334. The van der Waals surface area contributed by atoms with Crippen LogP contribution in [0.25, 0.3) is 6.08 Å². The molecule has 1 rings (SSSR count). The minimum Gasteiger partial charge on any atom is -0.382 e. The second kappa shape index (κ2) is 4.79. The standard InChI is InChI=1S/C8H11ClN4/c9-7-5-12-6(8(11)13-7)3-1-2-4-10/h1,3,5H,2,4,10H2,(H2,11,13). The van der Waals surface area contributed by atoms with Gasteiger partial charge in [0.05, 0.1) is 6.20 Å². The number of nitrogen functional groups attached to an aromatic ring is 1. The maximum absolute atomic E-state index is 5.58. The van der Waals surface area contributed by atoms with E-state index in [0.717, 1.165) is 6.42 Å². The van der Waals surface area contributed by atoms with E-state index in [2.05, 4.69) is 9.97 Å². The lowest BCUT2D eigenvalue weighted by molar-refractivity contribution is 1.01. The third kappa shape index (κ3) is 3.01. The molecule has 0 radical (unpaired) electrons. The summed E-state index contributed by atoms with van der Waals surface area (Å²) in [5, 5.41) is 0.300. The maximum atomic E-state index is 5.58. The molecular formula is C8H11ClN4. The maximum Gasteiger partial charge on any atom is 0.151 e. The fraction of sp³-hybridized carbons (Fsp3) is 0.250. The van der Waals surface area contributed by atoms with Crippen LogP contribution in [0.5, 0.6) is 0 Å². The molecule has 1 heterocycles. The van der Waals surface area contributed by atoms with Gasteiger partial charge in [-0.1, -0.05) is 17.7 Å². The molecule has 0 aromatic carbocycles. The van der Waals surface area contributed by atoms with E-state index in [1.165, 1.54) is 6.20 Å². The molecule has 4 N–H and O–H groups in total. The molecule has 1 aromatic heterocycles. The van der Waals surface area contributed by atoms with Crippen LogP contribution in [0.4, 0.5) is 5.82 Å². The molecule has 0 aliphatic rings. The van der Waals surface area contributed by atoms with E-state index in [9.17, 15) is 0 Å². The van der Waals surface area contributed by atoms with Crippen molar-refractivity contribution in [1.29, 1.82) is 0 Å². The lowest BCUT2D eigenvalue weighted by Crippen LogP contribution is -1.97. The molecule has 4 nitrogen and oxygen atoms in total. The van der Waals surface area contributed by atoms with Crippen LogP contribution in [0.2, 0.25) is 5.15 Å². The van der Waals surface area contributed by atoms with Crippen molar-refractivity contribution in [2.24, 2.45) is 5.73 Å². The summed E-state index contributed by atoms with van der Waals surface area (Å²) in [7, 11) is 0. The van der Waals surface area contributed by atoms with Gasteiger partial charge in [0.1, 0.15) is 10.8 Å². The highest BCUT2D eigenvalue weighted by Crippen LogP contribution is 2.11. The fourth-order valence-corrected chi connectivity index (χ4v) is 0.950. The van der Waals surface area contributed by atoms with E-state index < -0.39 is 0 Å². The van der Waals surface area contributed by atoms with Crippen molar-refractivity contribution in [1.82, 2.24) is 9.97 Å². The van der Waals surface area contributed by atoms with Crippen molar-refractivity contribution >= 4 is 23.5 Å². The van der Waals surface area contributed by atoms with Gasteiger partial charge in [0.15, 0.2) is 5.82 Å². The highest BCUT2D eigenvalue weighted by atomic mass is 35.5. The normalized spacial score (nSPS) is 10.9. The van der Waals surface area contributed by atoms with Gasteiger partial charge in [-0.25, -0.2) is 9.97 Å². The van der Waals surface area contributed by atoms with Crippen molar-refractivity contribution < 1.29 is 0 Å². The summed E-state index contributed by atoms with van der Waals surface area (Å²) < 4.78 is 0. The smallest absolute Gasteiger partial charge is 0.151 e. The Morgan fingerprint density at radius 3 is 2.92 bits per heavy atom. The fourth-order valence-electron chi connectivity index (χ4n) is 0.810. The molecule has 0 saturated heterocycles. The number of anilines is 1. The molecule has 5 heteroatoms. The van der Waals surface area contributed by atoms with Gasteiger partial charge in [0.2, 0.25) is 0 Å². The number of rotatable bonds is 3. The van der Waals surface area contributed by atoms with Gasteiger partial charge in [0, 0.05) is 0 Å². The zero-order valence-corrected chi connectivity index (χ0v) is 7.83. The van der Waals surface area contributed by atoms with E-state index >= 15 is 0 Å². The second-order valence-corrected chi connectivity index (χ2v) is 2.83. The lowest BCUT2D eigenvalue weighted by Gasteiger charge is -1.97. The Bertz CT molecular complexity index is 311. The van der Waals surface area contributed by atoms with Crippen molar-refractivity contribution in [3.63, 3.8) is 0 Å². The van der Waals surface area contributed by atoms with Crippen LogP contribution in [0.3, 0.4) is 0 Å². The summed E-state index contributed by atoms with van der Waals surface area (Å²) in [6.45, 7) is 0.609. The van der Waals surface area contributed by atoms with Crippen molar-refractivity contribution in [2.45, 2.75) is 6.42 Å². The highest BCUT2D eigenvalue weighted by Gasteiger charge is 1.98. The number of nitrogens with two attached hydrogens (primary N) is 2. The first-order valence-corrected chi connectivity index (χ1v) is 4.26. The summed E-state index contributed by atoms with van der Waals surface area (Å²) >= 11 is 5.58. The predicted octanol–water partition coefficient (Wildman–Crippen LogP) is 1.07. The molecule has 0 aliphatic heterocycles. The summed E-state index contributed by atoms with van der Waals surface area (Å²) in [4.78, 5) is 7.85. The Hall–Kier alpha value is -1.13. The molecule has 70 valence electrons. The van der Waals surface area contributed by atoms with Gasteiger partial charge in [-0.2, -0.15) is 0 Å². The average molecular weight is 199 g/mol. The largest absolute Gasteiger partial charge is 0.382 e. The van der Waals surface area contributed by atoms with E-state index in [1.54, 1.807) is 6.08 Å². The van der Waals surface area contributed by atoms with Crippen LogP contribution in [-0.2, 0) is 0 Å². The first kappa shape index (κ1) is 9.95. The molecule has 0 bridgehead atoms. The van der Waals surface area contributed by atoms with Crippen LogP contribution < -0.4 is 11.5 Å². The van der Waals surface area contributed by atoms with E-state index in [-0.39, 0.29) is 0 Å².